The van der Waals surface area contributed by atoms with Gasteiger partial charge in [0.1, 0.15) is 18.2 Å². The van der Waals surface area contributed by atoms with Crippen LogP contribution >= 0.6 is 0 Å². The van der Waals surface area contributed by atoms with E-state index in [-0.39, 0.29) is 24.0 Å². The second-order valence-electron chi connectivity index (χ2n) is 4.62. The first-order valence-electron chi connectivity index (χ1n) is 6.42. The summed E-state index contributed by atoms with van der Waals surface area (Å²) in [5, 5.41) is 7.45. The quantitative estimate of drug-likeness (QED) is 0.656. The SMILES string of the molecule is COc1ccc(C(=N)N)cc1COc1cccc(C)c1F. The van der Waals surface area contributed by atoms with Crippen LogP contribution < -0.4 is 15.2 Å². The number of nitrogens with one attached hydrogen (secondary N) is 1. The molecule has 0 aliphatic rings. The number of aryl methyl sites for hydroxylation is 1. The van der Waals surface area contributed by atoms with Crippen LogP contribution in [0.5, 0.6) is 11.5 Å². The van der Waals surface area contributed by atoms with Crippen LogP contribution in [0.1, 0.15) is 16.7 Å². The molecule has 2 rings (SSSR count). The average molecular weight is 288 g/mol. The van der Waals surface area contributed by atoms with Crippen molar-refractivity contribution in [2.24, 2.45) is 5.73 Å². The van der Waals surface area contributed by atoms with Gasteiger partial charge in [0, 0.05) is 11.1 Å². The molecule has 2 aromatic carbocycles. The lowest BCUT2D eigenvalue weighted by atomic mass is 10.1. The van der Waals surface area contributed by atoms with Gasteiger partial charge in [-0.1, -0.05) is 12.1 Å². The second kappa shape index (κ2) is 6.26. The molecule has 0 spiro atoms. The minimum Gasteiger partial charge on any atom is -0.496 e. The molecule has 0 aromatic heterocycles. The first kappa shape index (κ1) is 14.8. The maximum Gasteiger partial charge on any atom is 0.167 e. The van der Waals surface area contributed by atoms with Crippen molar-refractivity contribution >= 4 is 5.84 Å². The van der Waals surface area contributed by atoms with Crippen LogP contribution in [0.4, 0.5) is 4.39 Å². The van der Waals surface area contributed by atoms with Crippen LogP contribution in [0.3, 0.4) is 0 Å². The zero-order chi connectivity index (χ0) is 15.4. The highest BCUT2D eigenvalue weighted by molar-refractivity contribution is 5.95. The van der Waals surface area contributed by atoms with Crippen LogP contribution in [0.15, 0.2) is 36.4 Å². The molecular weight excluding hydrogens is 271 g/mol. The number of nitrogen functional groups attached to an aromatic ring is 1. The molecule has 0 radical (unpaired) electrons. The summed E-state index contributed by atoms with van der Waals surface area (Å²) < 4.78 is 24.6. The molecule has 4 nitrogen and oxygen atoms in total. The molecule has 2 aromatic rings. The van der Waals surface area contributed by atoms with Crippen molar-refractivity contribution in [2.75, 3.05) is 7.11 Å². The summed E-state index contributed by atoms with van der Waals surface area (Å²) in [6, 6.07) is 10.1. The number of amidine groups is 1. The van der Waals surface area contributed by atoms with Crippen LogP contribution in [-0.2, 0) is 6.61 Å². The molecule has 0 aliphatic carbocycles. The van der Waals surface area contributed by atoms with Gasteiger partial charge in [0.2, 0.25) is 0 Å². The number of hydrogen-bond acceptors (Lipinski definition) is 3. The molecule has 0 bridgehead atoms. The van der Waals surface area contributed by atoms with Crippen LogP contribution in [0.2, 0.25) is 0 Å². The Kier molecular flexibility index (Phi) is 4.42. The zero-order valence-electron chi connectivity index (χ0n) is 11.9. The van der Waals surface area contributed by atoms with Crippen molar-refractivity contribution in [3.63, 3.8) is 0 Å². The van der Waals surface area contributed by atoms with Gasteiger partial charge in [-0.25, -0.2) is 4.39 Å². The third-order valence-corrected chi connectivity index (χ3v) is 3.13. The summed E-state index contributed by atoms with van der Waals surface area (Å²) in [5.74, 6) is 0.373. The lowest BCUT2D eigenvalue weighted by molar-refractivity contribution is 0.282. The standard InChI is InChI=1S/C16H17FN2O2/c1-10-4-3-5-14(15(10)17)21-9-12-8-11(16(18)19)6-7-13(12)20-2/h3-8H,9H2,1-2H3,(H3,18,19). The van der Waals surface area contributed by atoms with Crippen LogP contribution in [-0.4, -0.2) is 12.9 Å². The lowest BCUT2D eigenvalue weighted by Gasteiger charge is -2.12. The summed E-state index contributed by atoms with van der Waals surface area (Å²) >= 11 is 0. The van der Waals surface area contributed by atoms with Gasteiger partial charge < -0.3 is 15.2 Å². The summed E-state index contributed by atoms with van der Waals surface area (Å²) in [7, 11) is 1.54. The molecule has 0 atom stereocenters. The summed E-state index contributed by atoms with van der Waals surface area (Å²) in [6.07, 6.45) is 0. The molecule has 5 heteroatoms. The largest absolute Gasteiger partial charge is 0.496 e. The second-order valence-corrected chi connectivity index (χ2v) is 4.62. The number of nitrogens with two attached hydrogens (primary N) is 1. The Hall–Kier alpha value is -2.56. The smallest absolute Gasteiger partial charge is 0.167 e. The van der Waals surface area contributed by atoms with E-state index in [4.69, 9.17) is 20.6 Å². The third kappa shape index (κ3) is 3.31. The Balaban J connectivity index is 2.24. The fourth-order valence-corrected chi connectivity index (χ4v) is 1.95. The Morgan fingerprint density at radius 1 is 1.24 bits per heavy atom. The van der Waals surface area contributed by atoms with Crippen LogP contribution in [0, 0.1) is 18.2 Å². The van der Waals surface area contributed by atoms with Gasteiger partial charge in [0.15, 0.2) is 11.6 Å². The Bertz CT molecular complexity index is 671. The molecular formula is C16H17FN2O2. The van der Waals surface area contributed by atoms with Gasteiger partial charge in [-0.3, -0.25) is 5.41 Å². The van der Waals surface area contributed by atoms with Gasteiger partial charge in [-0.2, -0.15) is 0 Å². The van der Waals surface area contributed by atoms with E-state index < -0.39 is 0 Å². The first-order valence-corrected chi connectivity index (χ1v) is 6.42. The molecule has 0 heterocycles. The van der Waals surface area contributed by atoms with Crippen molar-refractivity contribution in [1.82, 2.24) is 0 Å². The van der Waals surface area contributed by atoms with E-state index in [1.807, 2.05) is 0 Å². The fourth-order valence-electron chi connectivity index (χ4n) is 1.95. The minimum atomic E-state index is -0.376. The van der Waals surface area contributed by atoms with Gasteiger partial charge in [-0.15, -0.1) is 0 Å². The summed E-state index contributed by atoms with van der Waals surface area (Å²) in [4.78, 5) is 0. The third-order valence-electron chi connectivity index (χ3n) is 3.13. The number of hydrogen-bond donors (Lipinski definition) is 2. The maximum absolute atomic E-state index is 13.9. The number of rotatable bonds is 5. The monoisotopic (exact) mass is 288 g/mol. The van der Waals surface area contributed by atoms with Crippen molar-refractivity contribution in [3.05, 3.63) is 58.9 Å². The Labute approximate surface area is 122 Å². The van der Waals surface area contributed by atoms with Crippen molar-refractivity contribution in [1.29, 1.82) is 5.41 Å². The molecule has 0 saturated carbocycles. The number of halogens is 1. The van der Waals surface area contributed by atoms with E-state index in [0.29, 0.717) is 22.4 Å². The predicted octanol–water partition coefficient (Wildman–Crippen LogP) is 3.01. The van der Waals surface area contributed by atoms with E-state index in [0.717, 1.165) is 0 Å². The van der Waals surface area contributed by atoms with Crippen molar-refractivity contribution in [3.8, 4) is 11.5 Å². The lowest BCUT2D eigenvalue weighted by Crippen LogP contribution is -2.12. The highest BCUT2D eigenvalue weighted by atomic mass is 19.1. The topological polar surface area (TPSA) is 68.3 Å². The minimum absolute atomic E-state index is 0.0411. The zero-order valence-corrected chi connectivity index (χ0v) is 11.9. The first-order chi connectivity index (χ1) is 10.0. The van der Waals surface area contributed by atoms with E-state index >= 15 is 0 Å². The van der Waals surface area contributed by atoms with Gasteiger partial charge in [0.25, 0.3) is 0 Å². The highest BCUT2D eigenvalue weighted by Crippen LogP contribution is 2.24. The molecule has 0 amide bonds. The fraction of sp³-hybridized carbons (Fsp3) is 0.188. The van der Waals surface area contributed by atoms with Crippen LogP contribution in [0.25, 0.3) is 0 Å². The predicted molar refractivity (Wildman–Crippen MR) is 79.5 cm³/mol. The molecule has 0 aliphatic heterocycles. The van der Waals surface area contributed by atoms with E-state index in [1.54, 1.807) is 50.4 Å². The molecule has 0 saturated heterocycles. The van der Waals surface area contributed by atoms with Crippen molar-refractivity contribution in [2.45, 2.75) is 13.5 Å². The Morgan fingerprint density at radius 3 is 2.67 bits per heavy atom. The maximum atomic E-state index is 13.9. The average Bonchev–Trinajstić information content (AvgIpc) is 2.48. The van der Waals surface area contributed by atoms with E-state index in [1.165, 1.54) is 0 Å². The Morgan fingerprint density at radius 2 is 2.00 bits per heavy atom. The van der Waals surface area contributed by atoms with Crippen molar-refractivity contribution < 1.29 is 13.9 Å². The molecule has 21 heavy (non-hydrogen) atoms. The summed E-state index contributed by atoms with van der Waals surface area (Å²) in [5.41, 5.74) is 7.26. The number of benzene rings is 2. The molecule has 110 valence electrons. The summed E-state index contributed by atoms with van der Waals surface area (Å²) in [6.45, 7) is 1.81. The normalized spacial score (nSPS) is 10.2. The van der Waals surface area contributed by atoms with Gasteiger partial charge in [0.05, 0.1) is 7.11 Å². The highest BCUT2D eigenvalue weighted by Gasteiger charge is 2.10. The van der Waals surface area contributed by atoms with E-state index in [2.05, 4.69) is 0 Å². The number of methoxy groups -OCH3 is 1. The van der Waals surface area contributed by atoms with Gasteiger partial charge in [-0.05, 0) is 36.8 Å². The molecule has 0 unspecified atom stereocenters. The number of ether oxygens (including phenoxy) is 2. The molecule has 0 fully saturated rings. The molecule has 3 N–H and O–H groups in total. The van der Waals surface area contributed by atoms with E-state index in [9.17, 15) is 4.39 Å². The van der Waals surface area contributed by atoms with Gasteiger partial charge >= 0.3 is 0 Å².